The number of rotatable bonds is 15. The van der Waals surface area contributed by atoms with E-state index in [-0.39, 0.29) is 18.7 Å². The van der Waals surface area contributed by atoms with E-state index in [1.807, 2.05) is 0 Å². The predicted octanol–water partition coefficient (Wildman–Crippen LogP) is 5.59. The molecule has 196 valence electrons. The van der Waals surface area contributed by atoms with Gasteiger partial charge in [-0.15, -0.1) is 0 Å². The number of nitrogens with zero attached hydrogens (tertiary/aromatic N) is 4. The maximum absolute atomic E-state index is 14.7. The zero-order valence-electron chi connectivity index (χ0n) is 21.6. The lowest BCUT2D eigenvalue weighted by Gasteiger charge is -2.41. The second-order valence-electron chi connectivity index (χ2n) is 10.3. The topological polar surface area (TPSA) is 44.5 Å². The van der Waals surface area contributed by atoms with Gasteiger partial charge >= 0.3 is 0 Å². The van der Waals surface area contributed by atoms with Crippen LogP contribution in [0.3, 0.4) is 0 Å². The minimum atomic E-state index is -1.51. The first kappa shape index (κ1) is 27.8. The van der Waals surface area contributed by atoms with Crippen LogP contribution in [0.5, 0.6) is 0 Å². The van der Waals surface area contributed by atoms with E-state index >= 15 is 0 Å². The van der Waals surface area contributed by atoms with Gasteiger partial charge in [0.25, 0.3) is 0 Å². The summed E-state index contributed by atoms with van der Waals surface area (Å²) in [7, 11) is 0. The molecule has 1 aromatic heterocycles. The molecule has 5 nitrogen and oxygen atoms in total. The van der Waals surface area contributed by atoms with Crippen molar-refractivity contribution in [2.75, 3.05) is 32.7 Å². The molecule has 1 saturated heterocycles. The highest BCUT2D eigenvalue weighted by Crippen LogP contribution is 2.28. The first-order chi connectivity index (χ1) is 16.9. The Morgan fingerprint density at radius 1 is 0.971 bits per heavy atom. The maximum atomic E-state index is 14.7. The largest absolute Gasteiger partial charge is 0.382 e. The van der Waals surface area contributed by atoms with Gasteiger partial charge < -0.3 is 5.11 Å². The number of aromatic nitrogens is 2. The number of aliphatic hydroxyl groups is 1. The minimum absolute atomic E-state index is 0.109. The molecule has 1 aliphatic rings. The summed E-state index contributed by atoms with van der Waals surface area (Å²) in [6, 6.07) is 5.73. The van der Waals surface area contributed by atoms with Crippen LogP contribution in [0.1, 0.15) is 77.2 Å². The van der Waals surface area contributed by atoms with Crippen molar-refractivity contribution in [2.24, 2.45) is 0 Å². The Bertz CT molecular complexity index is 855. The third kappa shape index (κ3) is 8.65. The molecule has 2 atom stereocenters. The van der Waals surface area contributed by atoms with E-state index in [9.17, 15) is 13.9 Å². The molecule has 2 heterocycles. The van der Waals surface area contributed by atoms with Crippen LogP contribution in [-0.4, -0.2) is 63.5 Å². The number of β-amino-alcohol motifs (C(OH)–C–C–N with tert-alkyl or cyclic N) is 1. The lowest BCUT2D eigenvalue weighted by Crippen LogP contribution is -2.54. The summed E-state index contributed by atoms with van der Waals surface area (Å²) in [5.41, 5.74) is -1.39. The first-order valence-corrected chi connectivity index (χ1v) is 13.5. The summed E-state index contributed by atoms with van der Waals surface area (Å²) in [4.78, 5) is 4.72. The van der Waals surface area contributed by atoms with Crippen LogP contribution in [-0.2, 0) is 12.1 Å². The molecule has 2 unspecified atom stereocenters. The van der Waals surface area contributed by atoms with Gasteiger partial charge in [0.2, 0.25) is 0 Å². The quantitative estimate of drug-likeness (QED) is 0.331. The Morgan fingerprint density at radius 2 is 1.66 bits per heavy atom. The third-order valence-electron chi connectivity index (χ3n) is 7.41. The fraction of sp³-hybridized carbons (Fsp3) is 0.679. The molecule has 1 aliphatic heterocycles. The maximum Gasteiger partial charge on any atom is 0.132 e. The summed E-state index contributed by atoms with van der Waals surface area (Å²) in [6.45, 7) is 8.45. The molecule has 0 amide bonds. The number of hydrogen-bond acceptors (Lipinski definition) is 4. The Kier molecular flexibility index (Phi) is 11.1. The van der Waals surface area contributed by atoms with Gasteiger partial charge in [0.05, 0.1) is 6.54 Å². The highest BCUT2D eigenvalue weighted by Gasteiger charge is 2.36. The number of hydrogen-bond donors (Lipinski definition) is 1. The summed E-state index contributed by atoms with van der Waals surface area (Å²) in [5.74, 6) is -1.37. The van der Waals surface area contributed by atoms with Gasteiger partial charge in [-0.2, -0.15) is 5.10 Å². The van der Waals surface area contributed by atoms with Crippen molar-refractivity contribution in [1.29, 1.82) is 0 Å². The van der Waals surface area contributed by atoms with Crippen LogP contribution in [0.2, 0.25) is 0 Å². The third-order valence-corrected chi connectivity index (χ3v) is 7.41. The molecule has 7 heteroatoms. The van der Waals surface area contributed by atoms with Crippen molar-refractivity contribution in [3.8, 4) is 0 Å². The van der Waals surface area contributed by atoms with Crippen LogP contribution in [0.15, 0.2) is 36.7 Å². The Hall–Kier alpha value is -1.83. The highest BCUT2D eigenvalue weighted by molar-refractivity contribution is 5.26. The normalized spacial score (nSPS) is 18.0. The standard InChI is InChI=1S/C28H44F2N4O/c1-3-4-5-6-7-8-9-10-12-24(2)33-19-17-32(18-20-33)22-28(35,23-34-16-11-15-31-34)26-14-13-25(29)21-27(26)30/h11,13-16,21,24,35H,3-10,12,17-20,22-23H2,1-2H3. The second kappa shape index (κ2) is 14.0. The average molecular weight is 491 g/mol. The second-order valence-corrected chi connectivity index (χ2v) is 10.3. The predicted molar refractivity (Wildman–Crippen MR) is 137 cm³/mol. The van der Waals surface area contributed by atoms with E-state index in [1.165, 1.54) is 69.9 Å². The fourth-order valence-electron chi connectivity index (χ4n) is 5.24. The van der Waals surface area contributed by atoms with Crippen LogP contribution in [0.4, 0.5) is 8.78 Å². The van der Waals surface area contributed by atoms with E-state index < -0.39 is 17.2 Å². The van der Waals surface area contributed by atoms with Crippen molar-refractivity contribution in [3.05, 3.63) is 53.9 Å². The van der Waals surface area contributed by atoms with Crippen molar-refractivity contribution >= 4 is 0 Å². The Balaban J connectivity index is 1.48. The fourth-order valence-corrected chi connectivity index (χ4v) is 5.24. The molecule has 0 bridgehead atoms. The molecule has 0 aliphatic carbocycles. The van der Waals surface area contributed by atoms with Crippen molar-refractivity contribution in [3.63, 3.8) is 0 Å². The molecule has 3 rings (SSSR count). The van der Waals surface area contributed by atoms with Gasteiger partial charge in [-0.25, -0.2) is 8.78 Å². The van der Waals surface area contributed by atoms with Crippen LogP contribution in [0.25, 0.3) is 0 Å². The lowest BCUT2D eigenvalue weighted by molar-refractivity contribution is -0.0345. The molecular formula is C28H44F2N4O. The molecule has 2 aromatic rings. The van der Waals surface area contributed by atoms with Gasteiger partial charge in [0, 0.05) is 62.8 Å². The van der Waals surface area contributed by atoms with Crippen LogP contribution < -0.4 is 0 Å². The minimum Gasteiger partial charge on any atom is -0.382 e. The van der Waals surface area contributed by atoms with Crippen molar-refractivity contribution < 1.29 is 13.9 Å². The summed E-state index contributed by atoms with van der Waals surface area (Å²) in [5, 5.41) is 15.8. The van der Waals surface area contributed by atoms with Crippen molar-refractivity contribution in [1.82, 2.24) is 19.6 Å². The van der Waals surface area contributed by atoms with E-state index in [1.54, 1.807) is 23.1 Å². The van der Waals surface area contributed by atoms with Gasteiger partial charge in [-0.1, -0.05) is 64.4 Å². The number of halogens is 2. The van der Waals surface area contributed by atoms with Crippen molar-refractivity contribution in [2.45, 2.75) is 89.8 Å². The Labute approximate surface area is 210 Å². The summed E-state index contributed by atoms with van der Waals surface area (Å²) >= 11 is 0. The summed E-state index contributed by atoms with van der Waals surface area (Å²) < 4.78 is 29.8. The van der Waals surface area contributed by atoms with E-state index in [0.29, 0.717) is 6.04 Å². The van der Waals surface area contributed by atoms with E-state index in [0.717, 1.165) is 32.2 Å². The molecular weight excluding hydrogens is 446 g/mol. The number of unbranched alkanes of at least 4 members (excludes halogenated alkanes) is 7. The van der Waals surface area contributed by atoms with Crippen LogP contribution in [0, 0.1) is 11.6 Å². The first-order valence-electron chi connectivity index (χ1n) is 13.5. The molecule has 1 aromatic carbocycles. The molecule has 35 heavy (non-hydrogen) atoms. The highest BCUT2D eigenvalue weighted by atomic mass is 19.1. The average Bonchev–Trinajstić information content (AvgIpc) is 3.33. The number of benzene rings is 1. The van der Waals surface area contributed by atoms with Crippen LogP contribution >= 0.6 is 0 Å². The smallest absolute Gasteiger partial charge is 0.132 e. The lowest BCUT2D eigenvalue weighted by atomic mass is 9.92. The zero-order valence-corrected chi connectivity index (χ0v) is 21.6. The molecule has 0 radical (unpaired) electrons. The van der Waals surface area contributed by atoms with Gasteiger partial charge in [-0.05, 0) is 25.5 Å². The van der Waals surface area contributed by atoms with Gasteiger partial charge in [-0.3, -0.25) is 14.5 Å². The van der Waals surface area contributed by atoms with Gasteiger partial charge in [0.1, 0.15) is 17.2 Å². The van der Waals surface area contributed by atoms with Gasteiger partial charge in [0.15, 0.2) is 0 Å². The zero-order chi connectivity index (χ0) is 25.1. The molecule has 1 N–H and O–H groups in total. The molecule has 1 fully saturated rings. The molecule has 0 saturated carbocycles. The van der Waals surface area contributed by atoms with E-state index in [4.69, 9.17) is 0 Å². The summed E-state index contributed by atoms with van der Waals surface area (Å²) in [6.07, 6.45) is 15.3. The SMILES string of the molecule is CCCCCCCCCCC(C)N1CCN(CC(O)(Cn2cccn2)c2ccc(F)cc2F)CC1. The monoisotopic (exact) mass is 490 g/mol. The van der Waals surface area contributed by atoms with E-state index in [2.05, 4.69) is 28.7 Å². The Morgan fingerprint density at radius 3 is 2.29 bits per heavy atom. The number of piperazine rings is 1. The molecule has 0 spiro atoms.